The molecule has 0 amide bonds. The Labute approximate surface area is 219 Å². The first kappa shape index (κ1) is 27.3. The number of hydrogen-bond donors (Lipinski definition) is 1. The lowest BCUT2D eigenvalue weighted by Crippen LogP contribution is -2.32. The van der Waals surface area contributed by atoms with E-state index in [9.17, 15) is 0 Å². The first-order chi connectivity index (χ1) is 17.3. The summed E-state index contributed by atoms with van der Waals surface area (Å²) in [5.41, 5.74) is 9.46. The third-order valence-corrected chi connectivity index (χ3v) is 6.99. The first-order valence-electron chi connectivity index (χ1n) is 13.2. The van der Waals surface area contributed by atoms with Crippen LogP contribution < -0.4 is 10.2 Å². The number of hydrogen-bond acceptors (Lipinski definition) is 3. The molecule has 0 bridgehead atoms. The van der Waals surface area contributed by atoms with Crippen molar-refractivity contribution >= 4 is 17.1 Å². The molecule has 1 aliphatic heterocycles. The Bertz CT molecular complexity index is 1150. The lowest BCUT2D eigenvalue weighted by molar-refractivity contribution is 0.536. The average molecular weight is 482 g/mol. The Balaban J connectivity index is 1.98. The number of allylic oxidation sites excluding steroid dienone is 4. The van der Waals surface area contributed by atoms with Crippen LogP contribution in [0.3, 0.4) is 0 Å². The fraction of sp³-hybridized carbons (Fsp3) is 0.364. The molecule has 2 aromatic rings. The summed E-state index contributed by atoms with van der Waals surface area (Å²) in [6, 6.07) is 15.3. The molecule has 0 spiro atoms. The minimum Gasteiger partial charge on any atom is -0.384 e. The summed E-state index contributed by atoms with van der Waals surface area (Å²) < 4.78 is 0. The normalized spacial score (nSPS) is 17.0. The van der Waals surface area contributed by atoms with Gasteiger partial charge in [-0.05, 0) is 67.5 Å². The van der Waals surface area contributed by atoms with Gasteiger partial charge in [0.2, 0.25) is 0 Å². The second kappa shape index (κ2) is 12.6. The molecule has 0 saturated carbocycles. The van der Waals surface area contributed by atoms with Gasteiger partial charge in [0.25, 0.3) is 0 Å². The molecule has 0 aliphatic carbocycles. The molecule has 0 aromatic heterocycles. The fourth-order valence-electron chi connectivity index (χ4n) is 5.10. The van der Waals surface area contributed by atoms with Gasteiger partial charge in [0.1, 0.15) is 0 Å². The lowest BCUT2D eigenvalue weighted by atomic mass is 9.77. The predicted octanol–water partition coefficient (Wildman–Crippen LogP) is 8.29. The molecule has 3 rings (SSSR count). The van der Waals surface area contributed by atoms with Crippen LogP contribution in [0.4, 0.5) is 11.4 Å². The van der Waals surface area contributed by atoms with Crippen molar-refractivity contribution in [3.05, 3.63) is 108 Å². The van der Waals surface area contributed by atoms with E-state index in [1.807, 2.05) is 13.0 Å². The van der Waals surface area contributed by atoms with Gasteiger partial charge in [-0.15, -0.1) is 0 Å². The van der Waals surface area contributed by atoms with Crippen LogP contribution in [0.25, 0.3) is 0 Å². The van der Waals surface area contributed by atoms with Gasteiger partial charge >= 0.3 is 0 Å². The van der Waals surface area contributed by atoms with Gasteiger partial charge in [0.15, 0.2) is 0 Å². The second-order valence-electron chi connectivity index (χ2n) is 10.0. The van der Waals surface area contributed by atoms with E-state index in [1.165, 1.54) is 22.4 Å². The molecule has 0 radical (unpaired) electrons. The monoisotopic (exact) mass is 481 g/mol. The molecule has 2 unspecified atom stereocenters. The molecular formula is C33H43N3. The van der Waals surface area contributed by atoms with Crippen LogP contribution in [0, 0.1) is 0 Å². The predicted molar refractivity (Wildman–Crippen MR) is 160 cm³/mol. The van der Waals surface area contributed by atoms with Crippen molar-refractivity contribution in [2.75, 3.05) is 30.4 Å². The van der Waals surface area contributed by atoms with Crippen molar-refractivity contribution in [1.82, 2.24) is 0 Å². The van der Waals surface area contributed by atoms with E-state index >= 15 is 0 Å². The van der Waals surface area contributed by atoms with Crippen LogP contribution >= 0.6 is 0 Å². The lowest BCUT2D eigenvalue weighted by Gasteiger charge is -2.35. The number of fused-ring (bicyclic) bond motifs is 1. The SMILES string of the molecule is C=CC1=NC(C(=C)CN(C)c2ccccc2NCC)C(CCC(=C)/C=C\C)c2cc(C(C)C)ccc21. The van der Waals surface area contributed by atoms with E-state index < -0.39 is 0 Å². The summed E-state index contributed by atoms with van der Waals surface area (Å²) in [7, 11) is 2.13. The fourth-order valence-corrected chi connectivity index (χ4v) is 5.10. The Morgan fingerprint density at radius 2 is 1.92 bits per heavy atom. The molecular weight excluding hydrogens is 438 g/mol. The van der Waals surface area contributed by atoms with Crippen molar-refractivity contribution in [3.63, 3.8) is 0 Å². The summed E-state index contributed by atoms with van der Waals surface area (Å²) in [6.07, 6.45) is 7.99. The highest BCUT2D eigenvalue weighted by atomic mass is 15.1. The molecule has 2 aromatic carbocycles. The largest absolute Gasteiger partial charge is 0.384 e. The topological polar surface area (TPSA) is 27.6 Å². The molecule has 3 heteroatoms. The average Bonchev–Trinajstić information content (AvgIpc) is 2.87. The van der Waals surface area contributed by atoms with Crippen LogP contribution in [-0.4, -0.2) is 31.9 Å². The summed E-state index contributed by atoms with van der Waals surface area (Å²) >= 11 is 0. The molecule has 3 nitrogen and oxygen atoms in total. The van der Waals surface area contributed by atoms with Crippen molar-refractivity contribution in [2.24, 2.45) is 4.99 Å². The summed E-state index contributed by atoms with van der Waals surface area (Å²) in [5, 5.41) is 3.48. The minimum absolute atomic E-state index is 0.0138. The van der Waals surface area contributed by atoms with E-state index in [1.54, 1.807) is 0 Å². The third kappa shape index (κ3) is 6.26. The van der Waals surface area contributed by atoms with E-state index in [0.717, 1.165) is 48.5 Å². The zero-order valence-corrected chi connectivity index (χ0v) is 22.8. The van der Waals surface area contributed by atoms with Gasteiger partial charge in [-0.25, -0.2) is 0 Å². The molecule has 0 fully saturated rings. The van der Waals surface area contributed by atoms with E-state index in [0.29, 0.717) is 5.92 Å². The maximum absolute atomic E-state index is 5.24. The van der Waals surface area contributed by atoms with Crippen molar-refractivity contribution in [1.29, 1.82) is 0 Å². The third-order valence-electron chi connectivity index (χ3n) is 6.99. The maximum Gasteiger partial charge on any atom is 0.0799 e. The molecule has 1 N–H and O–H groups in total. The summed E-state index contributed by atoms with van der Waals surface area (Å²) in [5.74, 6) is 0.713. The molecule has 0 saturated heterocycles. The van der Waals surface area contributed by atoms with Crippen LogP contribution in [0.2, 0.25) is 0 Å². The number of likely N-dealkylation sites (N-methyl/N-ethyl adjacent to an activating group) is 1. The van der Waals surface area contributed by atoms with Crippen molar-refractivity contribution < 1.29 is 0 Å². The smallest absolute Gasteiger partial charge is 0.0799 e. The van der Waals surface area contributed by atoms with Crippen LogP contribution in [0.5, 0.6) is 0 Å². The van der Waals surface area contributed by atoms with Gasteiger partial charge in [0, 0.05) is 31.6 Å². The standard InChI is InChI=1S/C33H43N3/c1-9-14-24(6)17-19-28-29-21-26(23(4)5)18-20-27(29)30(10-2)35-33(28)25(7)22-36(8)32-16-13-12-15-31(32)34-11-3/h9-10,12-16,18,20-21,23,28,33-34H,2,6-7,11,17,19,22H2,1,3-5,8H3/b14-9-. The van der Waals surface area contributed by atoms with Crippen LogP contribution in [0.15, 0.2) is 96.6 Å². The summed E-state index contributed by atoms with van der Waals surface area (Å²) in [4.78, 5) is 7.51. The molecule has 2 atom stereocenters. The summed E-state index contributed by atoms with van der Waals surface area (Å²) in [6.45, 7) is 23.2. The molecule has 36 heavy (non-hydrogen) atoms. The van der Waals surface area contributed by atoms with Gasteiger partial charge in [0.05, 0.1) is 23.1 Å². The van der Waals surface area contributed by atoms with Gasteiger partial charge in [-0.2, -0.15) is 0 Å². The van der Waals surface area contributed by atoms with Gasteiger partial charge in [-0.3, -0.25) is 4.99 Å². The number of anilines is 2. The Morgan fingerprint density at radius 1 is 1.17 bits per heavy atom. The zero-order valence-electron chi connectivity index (χ0n) is 22.8. The van der Waals surface area contributed by atoms with E-state index in [4.69, 9.17) is 4.99 Å². The molecule has 1 heterocycles. The maximum atomic E-state index is 5.24. The molecule has 190 valence electrons. The van der Waals surface area contributed by atoms with Crippen LogP contribution in [0.1, 0.15) is 69.1 Å². The quantitative estimate of drug-likeness (QED) is 0.244. The van der Waals surface area contributed by atoms with Crippen molar-refractivity contribution in [2.45, 2.75) is 58.4 Å². The highest BCUT2D eigenvalue weighted by Gasteiger charge is 2.32. The number of aliphatic imine (C=N–C) groups is 1. The number of benzene rings is 2. The van der Waals surface area contributed by atoms with Gasteiger partial charge in [-0.1, -0.05) is 81.6 Å². The van der Waals surface area contributed by atoms with Crippen LogP contribution in [-0.2, 0) is 0 Å². The highest BCUT2D eigenvalue weighted by Crippen LogP contribution is 2.40. The van der Waals surface area contributed by atoms with E-state index in [-0.39, 0.29) is 12.0 Å². The first-order valence-corrected chi connectivity index (χ1v) is 13.2. The minimum atomic E-state index is -0.0138. The van der Waals surface area contributed by atoms with E-state index in [2.05, 4.69) is 112 Å². The Kier molecular flexibility index (Phi) is 9.52. The number of rotatable bonds is 12. The Morgan fingerprint density at radius 3 is 2.58 bits per heavy atom. The number of para-hydroxylation sites is 2. The number of nitrogens with zero attached hydrogens (tertiary/aromatic N) is 2. The Hall–Kier alpha value is -3.33. The highest BCUT2D eigenvalue weighted by molar-refractivity contribution is 6.10. The second-order valence-corrected chi connectivity index (χ2v) is 10.0. The zero-order chi connectivity index (χ0) is 26.2. The number of nitrogens with one attached hydrogen (secondary N) is 1. The van der Waals surface area contributed by atoms with Crippen molar-refractivity contribution in [3.8, 4) is 0 Å². The van der Waals surface area contributed by atoms with Gasteiger partial charge < -0.3 is 10.2 Å². The molecule has 1 aliphatic rings.